The van der Waals surface area contributed by atoms with Crippen molar-refractivity contribution >= 4 is 27.3 Å². The summed E-state index contributed by atoms with van der Waals surface area (Å²) in [5.74, 6) is 0. The van der Waals surface area contributed by atoms with Crippen LogP contribution in [0.5, 0.6) is 0 Å². The summed E-state index contributed by atoms with van der Waals surface area (Å²) >= 11 is 0. The Kier molecular flexibility index (Phi) is 5.14. The fraction of sp³-hybridized carbons (Fsp3) is 0.0690. The van der Waals surface area contributed by atoms with Gasteiger partial charge in [0.25, 0.3) is 0 Å². The van der Waals surface area contributed by atoms with Gasteiger partial charge in [0.1, 0.15) is 0 Å². The summed E-state index contributed by atoms with van der Waals surface area (Å²) in [4.78, 5) is 4.87. The normalized spacial score (nSPS) is 11.2. The molecular weight excluding hydrogens is 383 g/mol. The van der Waals surface area contributed by atoms with E-state index in [1.807, 2.05) is 18.3 Å². The minimum absolute atomic E-state index is 0. The molecule has 0 fully saturated rings. The van der Waals surface area contributed by atoms with E-state index in [9.17, 15) is 0 Å². The molecule has 6 rings (SSSR count). The van der Waals surface area contributed by atoms with Crippen LogP contribution in [-0.2, 0) is 0 Å². The van der Waals surface area contributed by atoms with Crippen molar-refractivity contribution in [3.8, 4) is 22.4 Å². The van der Waals surface area contributed by atoms with Crippen LogP contribution in [0.3, 0.4) is 0 Å². The van der Waals surface area contributed by atoms with Crippen molar-refractivity contribution in [2.24, 2.45) is 0 Å². The topological polar surface area (TPSA) is 17.3 Å². The first kappa shape index (κ1) is 20.6. The third-order valence-electron chi connectivity index (χ3n) is 6.17. The van der Waals surface area contributed by atoms with Gasteiger partial charge in [-0.25, -0.2) is 0 Å². The molecule has 2 nitrogen and oxygen atoms in total. The van der Waals surface area contributed by atoms with E-state index in [4.69, 9.17) is 4.98 Å². The van der Waals surface area contributed by atoms with E-state index in [0.717, 1.165) is 16.7 Å². The Morgan fingerprint density at radius 2 is 1.44 bits per heavy atom. The first-order chi connectivity index (χ1) is 15.2. The summed E-state index contributed by atoms with van der Waals surface area (Å²) in [7, 11) is 0. The summed E-state index contributed by atoms with van der Waals surface area (Å²) in [5.41, 5.74) is 9.48. The van der Waals surface area contributed by atoms with Crippen LogP contribution in [0.1, 0.15) is 11.1 Å². The van der Waals surface area contributed by atoms with Crippen LogP contribution in [-0.4, -0.2) is 9.38 Å². The summed E-state index contributed by atoms with van der Waals surface area (Å²) < 4.78 is 2.30. The van der Waals surface area contributed by atoms with Crippen molar-refractivity contribution in [2.75, 3.05) is 0 Å². The number of hydrogen-bond donors (Lipinski definition) is 0. The summed E-state index contributed by atoms with van der Waals surface area (Å²) in [6.07, 6.45) is 2.01. The van der Waals surface area contributed by atoms with Crippen LogP contribution in [0.4, 0.5) is 0 Å². The number of nitrogens with zero attached hydrogens (tertiary/aromatic N) is 2. The molecule has 3 heteroatoms. The minimum Gasteiger partial charge on any atom is -0.333 e. The van der Waals surface area contributed by atoms with Gasteiger partial charge in [0.15, 0.2) is 0 Å². The van der Waals surface area contributed by atoms with Gasteiger partial charge in [0.05, 0.1) is 11.3 Å². The first-order valence-electron chi connectivity index (χ1n) is 10.6. The van der Waals surface area contributed by atoms with E-state index in [2.05, 4.69) is 97.1 Å². The molecule has 0 aliphatic heterocycles. The van der Waals surface area contributed by atoms with Crippen molar-refractivity contribution in [2.45, 2.75) is 13.8 Å². The molecule has 148 valence electrons. The molecular formula is C29H21LiN2. The molecule has 4 aromatic carbocycles. The molecule has 0 saturated carbocycles. The number of pyridine rings is 1. The number of aryl methyl sites for hydroxylation is 2. The SMILES string of the molecule is Cc1cc(-c2ccccc2)cc(C)c1-c1cnc2c3[c-]cccc3c3ccccc3n12.[Li+]. The van der Waals surface area contributed by atoms with Crippen LogP contribution in [0.25, 0.3) is 49.7 Å². The van der Waals surface area contributed by atoms with Gasteiger partial charge in [0, 0.05) is 17.3 Å². The third kappa shape index (κ3) is 3.07. The van der Waals surface area contributed by atoms with Gasteiger partial charge >= 0.3 is 18.9 Å². The van der Waals surface area contributed by atoms with Crippen LogP contribution >= 0.6 is 0 Å². The predicted octanol–water partition coefficient (Wildman–Crippen LogP) is 4.40. The zero-order valence-corrected chi connectivity index (χ0v) is 18.6. The molecule has 0 aliphatic carbocycles. The van der Waals surface area contributed by atoms with E-state index < -0.39 is 0 Å². The van der Waals surface area contributed by atoms with Crippen molar-refractivity contribution < 1.29 is 18.9 Å². The molecule has 0 aliphatic rings. The smallest absolute Gasteiger partial charge is 0.333 e. The third-order valence-corrected chi connectivity index (χ3v) is 6.17. The average molecular weight is 404 g/mol. The molecule has 0 N–H and O–H groups in total. The predicted molar refractivity (Wildman–Crippen MR) is 129 cm³/mol. The van der Waals surface area contributed by atoms with Crippen LogP contribution in [0.15, 0.2) is 91.1 Å². The molecule has 0 amide bonds. The molecule has 0 unspecified atom stereocenters. The average Bonchev–Trinajstić information content (AvgIpc) is 3.24. The second kappa shape index (κ2) is 7.99. The molecule has 2 aromatic heterocycles. The van der Waals surface area contributed by atoms with Crippen molar-refractivity contribution in [1.29, 1.82) is 0 Å². The van der Waals surface area contributed by atoms with Crippen molar-refractivity contribution in [3.63, 3.8) is 0 Å². The largest absolute Gasteiger partial charge is 1.00 e. The molecule has 2 heterocycles. The number of imidazole rings is 1. The molecule has 6 aromatic rings. The molecule has 0 saturated heterocycles. The van der Waals surface area contributed by atoms with Crippen LogP contribution < -0.4 is 18.9 Å². The maximum absolute atomic E-state index is 4.87. The van der Waals surface area contributed by atoms with Gasteiger partial charge < -0.3 is 4.40 Å². The Hall–Kier alpha value is -3.31. The first-order valence-corrected chi connectivity index (χ1v) is 10.6. The molecule has 0 radical (unpaired) electrons. The Morgan fingerprint density at radius 3 is 2.22 bits per heavy atom. The fourth-order valence-corrected chi connectivity index (χ4v) is 4.86. The minimum atomic E-state index is 0. The maximum Gasteiger partial charge on any atom is 1.00 e. The Balaban J connectivity index is 0.00000216. The van der Waals surface area contributed by atoms with E-state index in [1.165, 1.54) is 44.1 Å². The van der Waals surface area contributed by atoms with Gasteiger partial charge in [0.2, 0.25) is 0 Å². The molecule has 0 atom stereocenters. The van der Waals surface area contributed by atoms with Gasteiger partial charge in [-0.05, 0) is 47.6 Å². The van der Waals surface area contributed by atoms with Gasteiger partial charge in [-0.3, -0.25) is 4.98 Å². The van der Waals surface area contributed by atoms with E-state index in [1.54, 1.807) is 0 Å². The Morgan fingerprint density at radius 1 is 0.750 bits per heavy atom. The van der Waals surface area contributed by atoms with Crippen LogP contribution in [0.2, 0.25) is 0 Å². The Labute approximate surface area is 199 Å². The van der Waals surface area contributed by atoms with Crippen molar-refractivity contribution in [3.05, 3.63) is 108 Å². The van der Waals surface area contributed by atoms with Gasteiger partial charge in [-0.1, -0.05) is 66.0 Å². The number of aromatic nitrogens is 2. The maximum atomic E-state index is 4.87. The molecule has 32 heavy (non-hydrogen) atoms. The summed E-state index contributed by atoms with van der Waals surface area (Å²) in [6.45, 7) is 4.40. The van der Waals surface area contributed by atoms with Gasteiger partial charge in [-0.2, -0.15) is 0 Å². The Bertz CT molecular complexity index is 1570. The van der Waals surface area contributed by atoms with E-state index >= 15 is 0 Å². The second-order valence-electron chi connectivity index (χ2n) is 8.13. The number of para-hydroxylation sites is 1. The number of hydrogen-bond acceptors (Lipinski definition) is 1. The van der Waals surface area contributed by atoms with E-state index in [-0.39, 0.29) is 18.9 Å². The second-order valence-corrected chi connectivity index (χ2v) is 8.13. The zero-order chi connectivity index (χ0) is 20.9. The fourth-order valence-electron chi connectivity index (χ4n) is 4.86. The molecule has 0 spiro atoms. The van der Waals surface area contributed by atoms with Crippen LogP contribution in [0, 0.1) is 19.9 Å². The number of benzene rings is 4. The van der Waals surface area contributed by atoms with Gasteiger partial charge in [-0.15, -0.1) is 29.7 Å². The zero-order valence-electron chi connectivity index (χ0n) is 18.6. The van der Waals surface area contributed by atoms with E-state index in [0.29, 0.717) is 0 Å². The standard InChI is InChI=1S/C29H21N2.Li/c1-19-16-22(21-10-4-3-5-11-21)17-20(2)28(19)27-18-30-29-25-14-7-6-12-23(25)24-13-8-9-15-26(24)31(27)29;/h3-13,15-18H,1-2H3;/q-1;+1. The monoisotopic (exact) mass is 404 g/mol. The summed E-state index contributed by atoms with van der Waals surface area (Å²) in [5, 5.41) is 3.47. The number of fused-ring (bicyclic) bond motifs is 6. The summed E-state index contributed by atoms with van der Waals surface area (Å²) in [6, 6.07) is 33.3. The van der Waals surface area contributed by atoms with Crippen molar-refractivity contribution in [1.82, 2.24) is 9.38 Å². The number of rotatable bonds is 2. The molecule has 0 bridgehead atoms. The quantitative estimate of drug-likeness (QED) is 0.238.